The quantitative estimate of drug-likeness (QED) is 0.770. The Hall–Kier alpha value is -1.26. The molecule has 3 unspecified atom stereocenters. The van der Waals surface area contributed by atoms with Gasteiger partial charge in [-0.15, -0.1) is 0 Å². The van der Waals surface area contributed by atoms with Crippen LogP contribution in [0.3, 0.4) is 0 Å². The van der Waals surface area contributed by atoms with Crippen molar-refractivity contribution in [2.75, 3.05) is 18.1 Å². The minimum Gasteiger partial charge on any atom is -0.508 e. The molecule has 86 valence electrons. The third-order valence-electron chi connectivity index (χ3n) is 3.58. The maximum atomic E-state index is 9.29. The van der Waals surface area contributed by atoms with Crippen LogP contribution in [0.5, 0.6) is 5.75 Å². The van der Waals surface area contributed by atoms with Crippen LogP contribution in [0.25, 0.3) is 0 Å². The Morgan fingerprint density at radius 2 is 2.12 bits per heavy atom. The fourth-order valence-corrected chi connectivity index (χ4v) is 2.84. The van der Waals surface area contributed by atoms with Crippen molar-refractivity contribution in [3.05, 3.63) is 24.3 Å². The molecule has 1 aromatic rings. The van der Waals surface area contributed by atoms with Gasteiger partial charge in [-0.05, 0) is 30.7 Å². The van der Waals surface area contributed by atoms with E-state index in [4.69, 9.17) is 10.5 Å². The van der Waals surface area contributed by atoms with Gasteiger partial charge in [0.15, 0.2) is 0 Å². The number of aromatic hydroxyl groups is 1. The molecular weight excluding hydrogens is 204 g/mol. The maximum absolute atomic E-state index is 9.29. The molecule has 2 heterocycles. The van der Waals surface area contributed by atoms with Gasteiger partial charge in [0.25, 0.3) is 0 Å². The summed E-state index contributed by atoms with van der Waals surface area (Å²) in [4.78, 5) is 2.34. The Labute approximate surface area is 94.6 Å². The van der Waals surface area contributed by atoms with E-state index in [-0.39, 0.29) is 12.1 Å². The van der Waals surface area contributed by atoms with Gasteiger partial charge in [0.05, 0.1) is 24.8 Å². The molecule has 0 aromatic heterocycles. The second-order valence-electron chi connectivity index (χ2n) is 4.49. The molecule has 0 aliphatic carbocycles. The van der Waals surface area contributed by atoms with Gasteiger partial charge < -0.3 is 20.5 Å². The van der Waals surface area contributed by atoms with E-state index in [1.165, 1.54) is 0 Å². The van der Waals surface area contributed by atoms with Crippen LogP contribution < -0.4 is 10.6 Å². The number of phenols is 1. The predicted molar refractivity (Wildman–Crippen MR) is 61.6 cm³/mol. The van der Waals surface area contributed by atoms with E-state index in [9.17, 15) is 5.11 Å². The molecule has 2 aliphatic heterocycles. The molecular formula is C12H16N2O2. The molecule has 0 amide bonds. The van der Waals surface area contributed by atoms with Gasteiger partial charge in [0.1, 0.15) is 5.75 Å². The molecule has 2 saturated heterocycles. The molecule has 4 heteroatoms. The Balaban J connectivity index is 1.91. The van der Waals surface area contributed by atoms with Gasteiger partial charge in [-0.1, -0.05) is 0 Å². The third-order valence-corrected chi connectivity index (χ3v) is 3.58. The lowest BCUT2D eigenvalue weighted by Gasteiger charge is -2.36. The zero-order chi connectivity index (χ0) is 11.1. The zero-order valence-corrected chi connectivity index (χ0v) is 9.04. The lowest BCUT2D eigenvalue weighted by Crippen LogP contribution is -2.49. The summed E-state index contributed by atoms with van der Waals surface area (Å²) in [5.41, 5.74) is 6.94. The third kappa shape index (κ3) is 1.37. The summed E-state index contributed by atoms with van der Waals surface area (Å²) in [5.74, 6) is 0.300. The SMILES string of the molecule is NCC1C2CC(CO2)N1c1ccc(O)cc1. The highest BCUT2D eigenvalue weighted by atomic mass is 16.5. The van der Waals surface area contributed by atoms with E-state index < -0.39 is 0 Å². The Morgan fingerprint density at radius 3 is 2.81 bits per heavy atom. The van der Waals surface area contributed by atoms with Crippen LogP contribution >= 0.6 is 0 Å². The van der Waals surface area contributed by atoms with Crippen LogP contribution in [0.15, 0.2) is 24.3 Å². The summed E-state index contributed by atoms with van der Waals surface area (Å²) in [6.07, 6.45) is 1.35. The number of morpholine rings is 1. The maximum Gasteiger partial charge on any atom is 0.115 e. The van der Waals surface area contributed by atoms with Crippen LogP contribution in [-0.2, 0) is 4.74 Å². The van der Waals surface area contributed by atoms with Crippen molar-refractivity contribution >= 4 is 5.69 Å². The molecule has 2 fully saturated rings. The number of fused-ring (bicyclic) bond motifs is 2. The van der Waals surface area contributed by atoms with Gasteiger partial charge in [0.2, 0.25) is 0 Å². The summed E-state index contributed by atoms with van der Waals surface area (Å²) in [7, 11) is 0. The first kappa shape index (κ1) is 9.93. The van der Waals surface area contributed by atoms with Gasteiger partial charge in [-0.2, -0.15) is 0 Å². The average molecular weight is 220 g/mol. The smallest absolute Gasteiger partial charge is 0.115 e. The minimum absolute atomic E-state index is 0.281. The number of rotatable bonds is 2. The largest absolute Gasteiger partial charge is 0.508 e. The molecule has 3 atom stereocenters. The Morgan fingerprint density at radius 1 is 1.38 bits per heavy atom. The number of hydrogen-bond donors (Lipinski definition) is 2. The van der Waals surface area contributed by atoms with Crippen LogP contribution in [0.4, 0.5) is 5.69 Å². The normalized spacial score (nSPS) is 32.3. The molecule has 2 aliphatic rings. The minimum atomic E-state index is 0.281. The standard InChI is InChI=1S/C12H16N2O2/c13-6-11-12-5-9(7-16-12)14(11)8-1-3-10(15)4-2-8/h1-4,9,11-12,15H,5-7,13H2. The van der Waals surface area contributed by atoms with E-state index in [1.54, 1.807) is 12.1 Å². The van der Waals surface area contributed by atoms with E-state index in [0.717, 1.165) is 18.7 Å². The number of anilines is 1. The van der Waals surface area contributed by atoms with Crippen molar-refractivity contribution in [3.63, 3.8) is 0 Å². The summed E-state index contributed by atoms with van der Waals surface area (Å²) in [5, 5.41) is 9.29. The van der Waals surface area contributed by atoms with Gasteiger partial charge in [0, 0.05) is 12.2 Å². The van der Waals surface area contributed by atoms with Crippen molar-refractivity contribution in [2.45, 2.75) is 24.6 Å². The highest BCUT2D eigenvalue weighted by Gasteiger charge is 2.46. The first-order valence-corrected chi connectivity index (χ1v) is 5.68. The highest BCUT2D eigenvalue weighted by Crippen LogP contribution is 2.37. The summed E-state index contributed by atoms with van der Waals surface area (Å²) in [6.45, 7) is 1.41. The van der Waals surface area contributed by atoms with Crippen molar-refractivity contribution < 1.29 is 9.84 Å². The lowest BCUT2D eigenvalue weighted by molar-refractivity contribution is 0.0720. The number of benzene rings is 1. The second-order valence-corrected chi connectivity index (χ2v) is 4.49. The lowest BCUT2D eigenvalue weighted by atomic mass is 10.1. The Bertz CT molecular complexity index is 379. The van der Waals surface area contributed by atoms with Crippen LogP contribution in [0, 0.1) is 0 Å². The molecule has 0 radical (unpaired) electrons. The fourth-order valence-electron chi connectivity index (χ4n) is 2.84. The first-order chi connectivity index (χ1) is 7.79. The summed E-state index contributed by atoms with van der Waals surface area (Å²) >= 11 is 0. The summed E-state index contributed by atoms with van der Waals surface area (Å²) in [6, 6.07) is 8.05. The predicted octanol–water partition coefficient (Wildman–Crippen LogP) is 0.697. The van der Waals surface area contributed by atoms with E-state index in [1.807, 2.05) is 12.1 Å². The van der Waals surface area contributed by atoms with Crippen LogP contribution in [-0.4, -0.2) is 36.4 Å². The van der Waals surface area contributed by atoms with Gasteiger partial charge >= 0.3 is 0 Å². The van der Waals surface area contributed by atoms with E-state index in [0.29, 0.717) is 18.3 Å². The van der Waals surface area contributed by atoms with Crippen molar-refractivity contribution in [1.82, 2.24) is 0 Å². The van der Waals surface area contributed by atoms with Crippen molar-refractivity contribution in [3.8, 4) is 5.75 Å². The number of ether oxygens (including phenoxy) is 1. The van der Waals surface area contributed by atoms with Crippen molar-refractivity contribution in [2.24, 2.45) is 5.73 Å². The molecule has 0 spiro atoms. The molecule has 0 saturated carbocycles. The van der Waals surface area contributed by atoms with Crippen molar-refractivity contribution in [1.29, 1.82) is 0 Å². The molecule has 2 bridgehead atoms. The number of hydrogen-bond acceptors (Lipinski definition) is 4. The van der Waals surface area contributed by atoms with Gasteiger partial charge in [-0.25, -0.2) is 0 Å². The molecule has 16 heavy (non-hydrogen) atoms. The summed E-state index contributed by atoms with van der Waals surface area (Å²) < 4.78 is 5.66. The number of nitrogens with zero attached hydrogens (tertiary/aromatic N) is 1. The monoisotopic (exact) mass is 220 g/mol. The van der Waals surface area contributed by atoms with E-state index in [2.05, 4.69) is 4.90 Å². The fraction of sp³-hybridized carbons (Fsp3) is 0.500. The second kappa shape index (κ2) is 3.64. The van der Waals surface area contributed by atoms with Crippen LogP contribution in [0.1, 0.15) is 6.42 Å². The number of nitrogens with two attached hydrogens (primary N) is 1. The number of phenolic OH excluding ortho intramolecular Hbond substituents is 1. The highest BCUT2D eigenvalue weighted by molar-refractivity contribution is 5.53. The van der Waals surface area contributed by atoms with Crippen LogP contribution in [0.2, 0.25) is 0 Å². The first-order valence-electron chi connectivity index (χ1n) is 5.68. The molecule has 3 N–H and O–H groups in total. The zero-order valence-electron chi connectivity index (χ0n) is 9.04. The molecule has 3 rings (SSSR count). The molecule has 1 aromatic carbocycles. The van der Waals surface area contributed by atoms with Gasteiger partial charge in [-0.3, -0.25) is 0 Å². The topological polar surface area (TPSA) is 58.7 Å². The Kier molecular flexibility index (Phi) is 2.26. The average Bonchev–Trinajstić information content (AvgIpc) is 2.89. The van der Waals surface area contributed by atoms with E-state index >= 15 is 0 Å². The molecule has 4 nitrogen and oxygen atoms in total.